The van der Waals surface area contributed by atoms with Crippen LogP contribution in [0.15, 0.2) is 72.6 Å². The lowest BCUT2D eigenvalue weighted by atomic mass is 9.96. The molecule has 0 spiro atoms. The number of halogens is 1. The third-order valence-corrected chi connectivity index (χ3v) is 5.74. The molecular formula is C26H22ClN3O5. The zero-order chi connectivity index (χ0) is 25.1. The Morgan fingerprint density at radius 2 is 1.91 bits per heavy atom. The number of amides is 2. The van der Waals surface area contributed by atoms with Crippen molar-refractivity contribution in [3.05, 3.63) is 88.7 Å². The summed E-state index contributed by atoms with van der Waals surface area (Å²) in [4.78, 5) is 43.3. The Morgan fingerprint density at radius 1 is 1.17 bits per heavy atom. The van der Waals surface area contributed by atoms with E-state index in [9.17, 15) is 19.5 Å². The molecule has 3 aromatic rings. The van der Waals surface area contributed by atoms with Crippen molar-refractivity contribution in [2.45, 2.75) is 19.9 Å². The standard InChI is InChI=1S/C26H22ClN3O5/c1-3-35-19-10-11-21(27)20(13-19)24(32)22-23(16-5-4-12-28-14-16)30(26(34)25(22)33)18-8-6-17(7-9-18)29-15(2)31/h4-14,23,32H,3H2,1-2H3,(H,29,31)/b24-22+. The second-order valence-corrected chi connectivity index (χ2v) is 8.17. The van der Waals surface area contributed by atoms with Crippen molar-refractivity contribution >= 4 is 46.3 Å². The van der Waals surface area contributed by atoms with Crippen molar-refractivity contribution in [1.82, 2.24) is 4.98 Å². The molecule has 9 heteroatoms. The number of hydrogen-bond donors (Lipinski definition) is 2. The molecule has 4 rings (SSSR count). The smallest absolute Gasteiger partial charge is 0.300 e. The van der Waals surface area contributed by atoms with Crippen LogP contribution in [-0.4, -0.2) is 34.3 Å². The van der Waals surface area contributed by atoms with Gasteiger partial charge in [0.05, 0.1) is 23.2 Å². The van der Waals surface area contributed by atoms with E-state index in [4.69, 9.17) is 16.3 Å². The Labute approximate surface area is 206 Å². The summed E-state index contributed by atoms with van der Waals surface area (Å²) in [7, 11) is 0. The van der Waals surface area contributed by atoms with E-state index in [2.05, 4.69) is 10.3 Å². The molecule has 2 aromatic carbocycles. The van der Waals surface area contributed by atoms with Gasteiger partial charge in [-0.15, -0.1) is 0 Å². The molecular weight excluding hydrogens is 470 g/mol. The number of carbonyl (C=O) groups is 3. The van der Waals surface area contributed by atoms with E-state index in [0.29, 0.717) is 29.3 Å². The molecule has 0 aliphatic carbocycles. The number of aromatic nitrogens is 1. The number of aliphatic hydroxyl groups is 1. The minimum absolute atomic E-state index is 0.121. The summed E-state index contributed by atoms with van der Waals surface area (Å²) < 4.78 is 5.51. The van der Waals surface area contributed by atoms with E-state index in [1.54, 1.807) is 54.7 Å². The number of Topliss-reactive ketones (excluding diaryl/α,β-unsaturated/α-hetero) is 1. The first-order chi connectivity index (χ1) is 16.8. The average Bonchev–Trinajstić information content (AvgIpc) is 3.11. The number of pyridine rings is 1. The van der Waals surface area contributed by atoms with Gasteiger partial charge in [0, 0.05) is 36.3 Å². The first-order valence-corrected chi connectivity index (χ1v) is 11.2. The third-order valence-electron chi connectivity index (χ3n) is 5.41. The zero-order valence-electron chi connectivity index (χ0n) is 19.0. The minimum atomic E-state index is -0.956. The highest BCUT2D eigenvalue weighted by Gasteiger charge is 2.47. The lowest BCUT2D eigenvalue weighted by Gasteiger charge is -2.25. The minimum Gasteiger partial charge on any atom is -0.507 e. The van der Waals surface area contributed by atoms with Gasteiger partial charge in [-0.3, -0.25) is 24.3 Å². The Hall–Kier alpha value is -4.17. The van der Waals surface area contributed by atoms with Gasteiger partial charge in [-0.25, -0.2) is 0 Å². The number of ether oxygens (including phenoxy) is 1. The lowest BCUT2D eigenvalue weighted by molar-refractivity contribution is -0.132. The Kier molecular flexibility index (Phi) is 6.84. The number of benzene rings is 2. The maximum absolute atomic E-state index is 13.3. The molecule has 0 saturated carbocycles. The van der Waals surface area contributed by atoms with Gasteiger partial charge >= 0.3 is 0 Å². The second-order valence-electron chi connectivity index (χ2n) is 7.76. The number of anilines is 2. The molecule has 1 aromatic heterocycles. The van der Waals surface area contributed by atoms with E-state index in [0.717, 1.165) is 0 Å². The van der Waals surface area contributed by atoms with E-state index in [-0.39, 0.29) is 22.1 Å². The molecule has 1 unspecified atom stereocenters. The van der Waals surface area contributed by atoms with Gasteiger partial charge in [-0.05, 0) is 61.0 Å². The topological polar surface area (TPSA) is 109 Å². The van der Waals surface area contributed by atoms with Crippen LogP contribution in [0.5, 0.6) is 5.75 Å². The van der Waals surface area contributed by atoms with Crippen LogP contribution >= 0.6 is 11.6 Å². The molecule has 0 bridgehead atoms. The van der Waals surface area contributed by atoms with E-state index < -0.39 is 23.5 Å². The maximum atomic E-state index is 13.3. The van der Waals surface area contributed by atoms with Crippen LogP contribution in [0.4, 0.5) is 11.4 Å². The van der Waals surface area contributed by atoms with Gasteiger partial charge in [0.2, 0.25) is 5.91 Å². The summed E-state index contributed by atoms with van der Waals surface area (Å²) in [5, 5.41) is 14.2. The Bertz CT molecular complexity index is 1320. The summed E-state index contributed by atoms with van der Waals surface area (Å²) in [5.74, 6) is -1.87. The van der Waals surface area contributed by atoms with E-state index in [1.807, 2.05) is 6.92 Å². The summed E-state index contributed by atoms with van der Waals surface area (Å²) in [5.41, 5.74) is 1.52. The normalized spacial score (nSPS) is 16.9. The Morgan fingerprint density at radius 3 is 2.54 bits per heavy atom. The van der Waals surface area contributed by atoms with Crippen LogP contribution in [0.25, 0.3) is 5.76 Å². The summed E-state index contributed by atoms with van der Waals surface area (Å²) in [6, 6.07) is 13.6. The number of nitrogens with zero attached hydrogens (tertiary/aromatic N) is 2. The molecule has 1 saturated heterocycles. The summed E-state index contributed by atoms with van der Waals surface area (Å²) >= 11 is 6.35. The maximum Gasteiger partial charge on any atom is 0.300 e. The fourth-order valence-corrected chi connectivity index (χ4v) is 4.16. The number of aliphatic hydroxyl groups excluding tert-OH is 1. The van der Waals surface area contributed by atoms with E-state index in [1.165, 1.54) is 24.1 Å². The molecule has 35 heavy (non-hydrogen) atoms. The van der Waals surface area contributed by atoms with Crippen molar-refractivity contribution in [2.24, 2.45) is 0 Å². The quantitative estimate of drug-likeness (QED) is 0.293. The summed E-state index contributed by atoms with van der Waals surface area (Å²) in [6.45, 7) is 3.61. The van der Waals surface area contributed by atoms with E-state index >= 15 is 0 Å². The van der Waals surface area contributed by atoms with Crippen LogP contribution in [0, 0.1) is 0 Å². The number of carbonyl (C=O) groups excluding carboxylic acids is 3. The van der Waals surface area contributed by atoms with Crippen molar-refractivity contribution in [3.63, 3.8) is 0 Å². The molecule has 2 amide bonds. The molecule has 0 radical (unpaired) electrons. The number of ketones is 1. The van der Waals surface area contributed by atoms with Crippen LogP contribution in [-0.2, 0) is 14.4 Å². The SMILES string of the molecule is CCOc1ccc(Cl)c(/C(O)=C2\C(=O)C(=O)N(c3ccc(NC(C)=O)cc3)C2c2cccnc2)c1. The molecule has 8 nitrogen and oxygen atoms in total. The van der Waals surface area contributed by atoms with Crippen molar-refractivity contribution in [3.8, 4) is 5.75 Å². The first-order valence-electron chi connectivity index (χ1n) is 10.8. The number of hydrogen-bond acceptors (Lipinski definition) is 6. The van der Waals surface area contributed by atoms with Gasteiger partial charge in [0.25, 0.3) is 11.7 Å². The van der Waals surface area contributed by atoms with Gasteiger partial charge in [0.15, 0.2) is 0 Å². The first kappa shape index (κ1) is 24.0. The van der Waals surface area contributed by atoms with Crippen molar-refractivity contribution in [1.29, 1.82) is 0 Å². The van der Waals surface area contributed by atoms with Crippen LogP contribution in [0.1, 0.15) is 31.0 Å². The van der Waals surface area contributed by atoms with Crippen molar-refractivity contribution in [2.75, 3.05) is 16.8 Å². The zero-order valence-corrected chi connectivity index (χ0v) is 19.7. The molecule has 1 aliphatic rings. The predicted octanol–water partition coefficient (Wildman–Crippen LogP) is 4.72. The average molecular weight is 492 g/mol. The third kappa shape index (κ3) is 4.74. The lowest BCUT2D eigenvalue weighted by Crippen LogP contribution is -2.29. The Balaban J connectivity index is 1.88. The van der Waals surface area contributed by atoms with Crippen LogP contribution in [0.3, 0.4) is 0 Å². The molecule has 1 atom stereocenters. The van der Waals surface area contributed by atoms with Crippen LogP contribution in [0.2, 0.25) is 5.02 Å². The second kappa shape index (κ2) is 9.99. The summed E-state index contributed by atoms with van der Waals surface area (Å²) in [6.07, 6.45) is 3.10. The fourth-order valence-electron chi connectivity index (χ4n) is 3.95. The molecule has 1 fully saturated rings. The fraction of sp³-hybridized carbons (Fsp3) is 0.154. The predicted molar refractivity (Wildman–Crippen MR) is 132 cm³/mol. The molecule has 2 N–H and O–H groups in total. The van der Waals surface area contributed by atoms with Gasteiger partial charge < -0.3 is 15.2 Å². The van der Waals surface area contributed by atoms with Crippen molar-refractivity contribution < 1.29 is 24.2 Å². The number of rotatable bonds is 6. The number of nitrogens with one attached hydrogen (secondary N) is 1. The van der Waals surface area contributed by atoms with Gasteiger partial charge in [-0.2, -0.15) is 0 Å². The monoisotopic (exact) mass is 491 g/mol. The van der Waals surface area contributed by atoms with Gasteiger partial charge in [-0.1, -0.05) is 17.7 Å². The van der Waals surface area contributed by atoms with Crippen LogP contribution < -0.4 is 15.0 Å². The highest BCUT2D eigenvalue weighted by atomic mass is 35.5. The highest BCUT2D eigenvalue weighted by molar-refractivity contribution is 6.52. The molecule has 2 heterocycles. The molecule has 1 aliphatic heterocycles. The molecule has 178 valence electrons. The highest BCUT2D eigenvalue weighted by Crippen LogP contribution is 2.43. The largest absolute Gasteiger partial charge is 0.507 e. The van der Waals surface area contributed by atoms with Gasteiger partial charge in [0.1, 0.15) is 11.5 Å².